The Morgan fingerprint density at radius 1 is 1.30 bits per heavy atom. The summed E-state index contributed by atoms with van der Waals surface area (Å²) in [4.78, 5) is 19.7. The van der Waals surface area contributed by atoms with Gasteiger partial charge in [-0.3, -0.25) is 9.36 Å². The average molecular weight is 369 g/mol. The van der Waals surface area contributed by atoms with Crippen LogP contribution >= 0.6 is 0 Å². The molecule has 0 saturated carbocycles. The standard InChI is InChI=1S/C20H24FN5O/c1-14(2)24-18-12-23-20(25-8-4-3-5-9-25)26(19(18)27)13-16-10-17(21)7-6-15(16)11-22/h6-7,10,12,14,24H,3-5,8-9,13H2,1-2H3. The molecule has 1 saturated heterocycles. The third kappa shape index (κ3) is 4.27. The molecule has 6 nitrogen and oxygen atoms in total. The van der Waals surface area contributed by atoms with Gasteiger partial charge in [0.25, 0.3) is 5.56 Å². The quantitative estimate of drug-likeness (QED) is 0.877. The lowest BCUT2D eigenvalue weighted by Gasteiger charge is -2.30. The van der Waals surface area contributed by atoms with Crippen molar-refractivity contribution in [2.24, 2.45) is 0 Å². The van der Waals surface area contributed by atoms with Gasteiger partial charge in [0.1, 0.15) is 11.5 Å². The van der Waals surface area contributed by atoms with E-state index in [1.165, 1.54) is 18.2 Å². The Morgan fingerprint density at radius 3 is 2.70 bits per heavy atom. The second-order valence-electron chi connectivity index (χ2n) is 7.12. The lowest BCUT2D eigenvalue weighted by Crippen LogP contribution is -2.37. The number of nitrogens with zero attached hydrogens (tertiary/aromatic N) is 4. The number of piperidine rings is 1. The molecule has 1 aliphatic rings. The van der Waals surface area contributed by atoms with Crippen LogP contribution in [0.15, 0.2) is 29.2 Å². The van der Waals surface area contributed by atoms with E-state index >= 15 is 0 Å². The van der Waals surface area contributed by atoms with E-state index in [4.69, 9.17) is 0 Å². The summed E-state index contributed by atoms with van der Waals surface area (Å²) < 4.78 is 15.3. The molecule has 0 amide bonds. The number of anilines is 2. The van der Waals surface area contributed by atoms with Crippen LogP contribution in [-0.2, 0) is 6.54 Å². The Kier molecular flexibility index (Phi) is 5.75. The molecule has 1 aliphatic heterocycles. The number of halogens is 1. The van der Waals surface area contributed by atoms with Crippen LogP contribution in [0.1, 0.15) is 44.2 Å². The summed E-state index contributed by atoms with van der Waals surface area (Å²) in [5.41, 5.74) is 1.02. The molecule has 142 valence electrons. The highest BCUT2D eigenvalue weighted by molar-refractivity contribution is 5.46. The van der Waals surface area contributed by atoms with Gasteiger partial charge in [0.2, 0.25) is 5.95 Å². The van der Waals surface area contributed by atoms with Crippen molar-refractivity contribution in [1.29, 1.82) is 5.26 Å². The van der Waals surface area contributed by atoms with Crippen molar-refractivity contribution in [2.45, 2.75) is 45.7 Å². The second-order valence-corrected chi connectivity index (χ2v) is 7.12. The molecule has 2 aromatic rings. The number of aromatic nitrogens is 2. The van der Waals surface area contributed by atoms with E-state index in [9.17, 15) is 14.4 Å². The highest BCUT2D eigenvalue weighted by Gasteiger charge is 2.20. The lowest BCUT2D eigenvalue weighted by atomic mass is 10.1. The zero-order valence-electron chi connectivity index (χ0n) is 15.7. The fourth-order valence-corrected chi connectivity index (χ4v) is 3.35. The summed E-state index contributed by atoms with van der Waals surface area (Å²) in [6.07, 6.45) is 4.83. The fraction of sp³-hybridized carbons (Fsp3) is 0.450. The van der Waals surface area contributed by atoms with Crippen LogP contribution in [0.3, 0.4) is 0 Å². The zero-order chi connectivity index (χ0) is 19.4. The number of rotatable bonds is 5. The smallest absolute Gasteiger partial charge is 0.278 e. The first kappa shape index (κ1) is 18.9. The van der Waals surface area contributed by atoms with Crippen LogP contribution in [0.5, 0.6) is 0 Å². The summed E-state index contributed by atoms with van der Waals surface area (Å²) in [5.74, 6) is 0.142. The van der Waals surface area contributed by atoms with Crippen LogP contribution < -0.4 is 15.8 Å². The largest absolute Gasteiger partial charge is 0.377 e. The van der Waals surface area contributed by atoms with Crippen LogP contribution in [0.2, 0.25) is 0 Å². The molecular weight excluding hydrogens is 345 g/mol. The van der Waals surface area contributed by atoms with Crippen molar-refractivity contribution in [3.63, 3.8) is 0 Å². The van der Waals surface area contributed by atoms with Gasteiger partial charge < -0.3 is 10.2 Å². The molecule has 27 heavy (non-hydrogen) atoms. The van der Waals surface area contributed by atoms with Gasteiger partial charge >= 0.3 is 0 Å². The van der Waals surface area contributed by atoms with E-state index < -0.39 is 5.82 Å². The van der Waals surface area contributed by atoms with E-state index in [1.807, 2.05) is 13.8 Å². The van der Waals surface area contributed by atoms with E-state index in [2.05, 4.69) is 21.3 Å². The minimum Gasteiger partial charge on any atom is -0.377 e. The molecule has 1 fully saturated rings. The molecular formula is C20H24FN5O. The van der Waals surface area contributed by atoms with Crippen molar-refractivity contribution in [3.8, 4) is 6.07 Å². The lowest BCUT2D eigenvalue weighted by molar-refractivity contribution is 0.550. The normalized spacial score (nSPS) is 14.3. The Bertz CT molecular complexity index is 910. The number of nitriles is 1. The van der Waals surface area contributed by atoms with Crippen molar-refractivity contribution < 1.29 is 4.39 Å². The first-order valence-electron chi connectivity index (χ1n) is 9.29. The summed E-state index contributed by atoms with van der Waals surface area (Å²) in [7, 11) is 0. The molecule has 0 aliphatic carbocycles. The molecule has 2 heterocycles. The van der Waals surface area contributed by atoms with Gasteiger partial charge in [0.15, 0.2) is 0 Å². The van der Waals surface area contributed by atoms with E-state index in [0.717, 1.165) is 32.4 Å². The van der Waals surface area contributed by atoms with Gasteiger partial charge in [0.05, 0.1) is 24.4 Å². The average Bonchev–Trinajstić information content (AvgIpc) is 2.65. The highest BCUT2D eigenvalue weighted by atomic mass is 19.1. The summed E-state index contributed by atoms with van der Waals surface area (Å²) in [6, 6.07) is 6.17. The van der Waals surface area contributed by atoms with Gasteiger partial charge in [-0.2, -0.15) is 5.26 Å². The monoisotopic (exact) mass is 369 g/mol. The molecule has 3 rings (SSSR count). The minimum absolute atomic E-state index is 0.0811. The van der Waals surface area contributed by atoms with Gasteiger partial charge in [0, 0.05) is 19.1 Å². The molecule has 1 N–H and O–H groups in total. The maximum absolute atomic E-state index is 13.8. The van der Waals surface area contributed by atoms with Crippen LogP contribution in [0, 0.1) is 17.1 Å². The second kappa shape index (κ2) is 8.21. The van der Waals surface area contributed by atoms with Crippen LogP contribution in [-0.4, -0.2) is 28.7 Å². The molecule has 1 aromatic carbocycles. The third-order valence-corrected chi connectivity index (χ3v) is 4.63. The minimum atomic E-state index is -0.430. The van der Waals surface area contributed by atoms with E-state index in [0.29, 0.717) is 22.8 Å². The first-order valence-corrected chi connectivity index (χ1v) is 9.29. The predicted molar refractivity (Wildman–Crippen MR) is 104 cm³/mol. The van der Waals surface area contributed by atoms with Gasteiger partial charge in [-0.1, -0.05) is 0 Å². The Hall–Kier alpha value is -2.88. The molecule has 7 heteroatoms. The van der Waals surface area contributed by atoms with Crippen molar-refractivity contribution in [2.75, 3.05) is 23.3 Å². The highest BCUT2D eigenvalue weighted by Crippen LogP contribution is 2.20. The number of hydrogen-bond donors (Lipinski definition) is 1. The number of hydrogen-bond acceptors (Lipinski definition) is 5. The number of nitrogens with one attached hydrogen (secondary N) is 1. The molecule has 0 unspecified atom stereocenters. The first-order chi connectivity index (χ1) is 13.0. The van der Waals surface area contributed by atoms with Crippen molar-refractivity contribution >= 4 is 11.6 Å². The van der Waals surface area contributed by atoms with Crippen LogP contribution in [0.4, 0.5) is 16.0 Å². The van der Waals surface area contributed by atoms with Crippen molar-refractivity contribution in [3.05, 3.63) is 51.7 Å². The van der Waals surface area contributed by atoms with Gasteiger partial charge in [-0.05, 0) is 56.9 Å². The van der Waals surface area contributed by atoms with Gasteiger partial charge in [-0.15, -0.1) is 0 Å². The topological polar surface area (TPSA) is 74.0 Å². The predicted octanol–water partition coefficient (Wildman–Crippen LogP) is 3.11. The fourth-order valence-electron chi connectivity index (χ4n) is 3.35. The molecule has 0 spiro atoms. The molecule has 0 atom stereocenters. The summed E-state index contributed by atoms with van der Waals surface area (Å²) >= 11 is 0. The summed E-state index contributed by atoms with van der Waals surface area (Å²) in [6.45, 7) is 5.66. The van der Waals surface area contributed by atoms with Crippen molar-refractivity contribution in [1.82, 2.24) is 9.55 Å². The number of benzene rings is 1. The van der Waals surface area contributed by atoms with Crippen LogP contribution in [0.25, 0.3) is 0 Å². The summed E-state index contributed by atoms with van der Waals surface area (Å²) in [5, 5.41) is 12.5. The molecule has 1 aromatic heterocycles. The van der Waals surface area contributed by atoms with E-state index in [-0.39, 0.29) is 18.1 Å². The SMILES string of the molecule is CC(C)Nc1cnc(N2CCCCC2)n(Cc2cc(F)ccc2C#N)c1=O. The Morgan fingerprint density at radius 2 is 2.04 bits per heavy atom. The maximum Gasteiger partial charge on any atom is 0.278 e. The zero-order valence-corrected chi connectivity index (χ0v) is 15.7. The molecule has 0 radical (unpaired) electrons. The third-order valence-electron chi connectivity index (χ3n) is 4.63. The van der Waals surface area contributed by atoms with E-state index in [1.54, 1.807) is 10.8 Å². The Balaban J connectivity index is 2.08. The van der Waals surface area contributed by atoms with Gasteiger partial charge in [-0.25, -0.2) is 9.37 Å². The molecule has 0 bridgehead atoms. The Labute approximate surface area is 158 Å². The maximum atomic E-state index is 13.8.